The summed E-state index contributed by atoms with van der Waals surface area (Å²) in [6.07, 6.45) is 5.91. The van der Waals surface area contributed by atoms with Crippen LogP contribution >= 0.6 is 11.8 Å². The van der Waals surface area contributed by atoms with E-state index in [0.717, 1.165) is 28.6 Å². The van der Waals surface area contributed by atoms with Crippen LogP contribution in [0.3, 0.4) is 0 Å². The maximum absolute atomic E-state index is 12.5. The maximum atomic E-state index is 12.5. The van der Waals surface area contributed by atoms with E-state index in [1.165, 1.54) is 17.5 Å². The molecular weight excluding hydrogens is 382 g/mol. The van der Waals surface area contributed by atoms with Gasteiger partial charge in [0.2, 0.25) is 0 Å². The van der Waals surface area contributed by atoms with Crippen molar-refractivity contribution in [3.05, 3.63) is 102 Å². The molecular formula is C22H19N5OS. The number of carbonyl (C=O) groups excluding carboxylic acids is 1. The summed E-state index contributed by atoms with van der Waals surface area (Å²) in [5, 5.41) is 10.4. The number of nitrogens with zero attached hydrogens (tertiary/aromatic N) is 3. The van der Waals surface area contributed by atoms with Crippen LogP contribution in [0.25, 0.3) is 0 Å². The number of thioether (sulfide) groups is 1. The molecule has 0 unspecified atom stereocenters. The highest BCUT2D eigenvalue weighted by Crippen LogP contribution is 2.19. The Kier molecular flexibility index (Phi) is 5.97. The van der Waals surface area contributed by atoms with Gasteiger partial charge in [0.15, 0.2) is 5.16 Å². The van der Waals surface area contributed by atoms with Crippen molar-refractivity contribution in [3.63, 3.8) is 0 Å². The molecule has 0 bridgehead atoms. The van der Waals surface area contributed by atoms with E-state index in [4.69, 9.17) is 0 Å². The number of carbonyl (C=O) groups is 1. The van der Waals surface area contributed by atoms with E-state index in [1.54, 1.807) is 24.2 Å². The van der Waals surface area contributed by atoms with E-state index in [2.05, 4.69) is 25.5 Å². The van der Waals surface area contributed by atoms with Gasteiger partial charge in [-0.2, -0.15) is 5.10 Å². The fraction of sp³-hybridized carbons (Fsp3) is 0.0909. The van der Waals surface area contributed by atoms with Crippen LogP contribution in [0.1, 0.15) is 27.0 Å². The molecule has 1 amide bonds. The minimum absolute atomic E-state index is 0.124. The first kappa shape index (κ1) is 18.9. The van der Waals surface area contributed by atoms with Crippen LogP contribution in [0, 0.1) is 0 Å². The molecule has 2 N–H and O–H groups in total. The number of benzene rings is 2. The van der Waals surface area contributed by atoms with Gasteiger partial charge in [0.1, 0.15) is 6.33 Å². The van der Waals surface area contributed by atoms with Gasteiger partial charge < -0.3 is 5.32 Å². The van der Waals surface area contributed by atoms with Gasteiger partial charge in [0.25, 0.3) is 5.91 Å². The average molecular weight is 401 g/mol. The van der Waals surface area contributed by atoms with E-state index in [1.807, 2.05) is 60.7 Å². The normalized spacial score (nSPS) is 10.6. The topological polar surface area (TPSA) is 83.6 Å². The molecule has 2 heterocycles. The Labute approximate surface area is 172 Å². The highest BCUT2D eigenvalue weighted by molar-refractivity contribution is 7.98. The average Bonchev–Trinajstić information content (AvgIpc) is 3.28. The standard InChI is InChI=1S/C22H19N5OS/c28-21(19-5-1-18(2-6-19)14-29-22-24-15-25-27-22)26-20-7-3-16(4-8-20)13-17-9-11-23-12-10-17/h1-12,15H,13-14H2,(H,26,28)(H,24,25,27). The van der Waals surface area contributed by atoms with Crippen molar-refractivity contribution in [2.24, 2.45) is 0 Å². The Morgan fingerprint density at radius 1 is 0.897 bits per heavy atom. The Balaban J connectivity index is 1.32. The molecule has 0 fully saturated rings. The van der Waals surface area contributed by atoms with Gasteiger partial charge in [-0.15, -0.1) is 0 Å². The summed E-state index contributed by atoms with van der Waals surface area (Å²) in [7, 11) is 0. The summed E-state index contributed by atoms with van der Waals surface area (Å²) in [6.45, 7) is 0. The van der Waals surface area contributed by atoms with Gasteiger partial charge in [0.05, 0.1) is 0 Å². The lowest BCUT2D eigenvalue weighted by atomic mass is 10.1. The monoisotopic (exact) mass is 401 g/mol. The van der Waals surface area contributed by atoms with Crippen LogP contribution in [0.2, 0.25) is 0 Å². The largest absolute Gasteiger partial charge is 0.322 e. The molecule has 7 heteroatoms. The van der Waals surface area contributed by atoms with Gasteiger partial charge in [0, 0.05) is 29.4 Å². The summed E-state index contributed by atoms with van der Waals surface area (Å²) < 4.78 is 0. The summed E-state index contributed by atoms with van der Waals surface area (Å²) in [5.74, 6) is 0.636. The van der Waals surface area contributed by atoms with Crippen molar-refractivity contribution in [2.45, 2.75) is 17.3 Å². The van der Waals surface area contributed by atoms with E-state index < -0.39 is 0 Å². The Morgan fingerprint density at radius 2 is 1.59 bits per heavy atom. The van der Waals surface area contributed by atoms with Gasteiger partial charge in [-0.05, 0) is 59.5 Å². The number of amides is 1. The highest BCUT2D eigenvalue weighted by atomic mass is 32.2. The molecule has 0 aliphatic carbocycles. The van der Waals surface area contributed by atoms with Gasteiger partial charge in [-0.25, -0.2) is 4.98 Å². The van der Waals surface area contributed by atoms with Crippen LogP contribution in [-0.4, -0.2) is 26.1 Å². The van der Waals surface area contributed by atoms with Crippen LogP contribution in [0.15, 0.2) is 84.5 Å². The predicted molar refractivity (Wildman–Crippen MR) is 114 cm³/mol. The van der Waals surface area contributed by atoms with E-state index in [-0.39, 0.29) is 5.91 Å². The minimum Gasteiger partial charge on any atom is -0.322 e. The van der Waals surface area contributed by atoms with Gasteiger partial charge in [-0.1, -0.05) is 36.0 Å². The van der Waals surface area contributed by atoms with Gasteiger partial charge >= 0.3 is 0 Å². The third-order valence-electron chi connectivity index (χ3n) is 4.35. The molecule has 4 aromatic rings. The number of aromatic amines is 1. The van der Waals surface area contributed by atoms with Crippen LogP contribution < -0.4 is 5.32 Å². The molecule has 4 rings (SSSR count). The second-order valence-electron chi connectivity index (χ2n) is 6.46. The maximum Gasteiger partial charge on any atom is 0.255 e. The fourth-order valence-corrected chi connectivity index (χ4v) is 3.55. The van der Waals surface area contributed by atoms with Gasteiger partial charge in [-0.3, -0.25) is 14.9 Å². The quantitative estimate of drug-likeness (QED) is 0.450. The highest BCUT2D eigenvalue weighted by Gasteiger charge is 2.07. The number of hydrogen-bond acceptors (Lipinski definition) is 5. The minimum atomic E-state index is -0.124. The molecule has 29 heavy (non-hydrogen) atoms. The second-order valence-corrected chi connectivity index (χ2v) is 7.42. The van der Waals surface area contributed by atoms with E-state index in [0.29, 0.717) is 5.56 Å². The van der Waals surface area contributed by atoms with E-state index in [9.17, 15) is 4.79 Å². The second kappa shape index (κ2) is 9.16. The molecule has 0 spiro atoms. The molecule has 0 saturated heterocycles. The zero-order valence-electron chi connectivity index (χ0n) is 15.6. The van der Waals surface area contributed by atoms with Crippen LogP contribution in [-0.2, 0) is 12.2 Å². The number of anilines is 1. The SMILES string of the molecule is O=C(Nc1ccc(Cc2ccncc2)cc1)c1ccc(CSc2ncn[nH]2)cc1. The molecule has 0 aliphatic rings. The number of nitrogens with one attached hydrogen (secondary N) is 2. The lowest BCUT2D eigenvalue weighted by Gasteiger charge is -2.08. The summed E-state index contributed by atoms with van der Waals surface area (Å²) in [4.78, 5) is 20.6. The Morgan fingerprint density at radius 3 is 2.28 bits per heavy atom. The summed E-state index contributed by atoms with van der Waals surface area (Å²) in [5.41, 5.74) is 4.90. The molecule has 0 radical (unpaired) electrons. The van der Waals surface area contributed by atoms with Crippen molar-refractivity contribution in [3.8, 4) is 0 Å². The molecule has 0 atom stereocenters. The zero-order chi connectivity index (χ0) is 19.9. The fourth-order valence-electron chi connectivity index (χ4n) is 2.81. The molecule has 2 aromatic carbocycles. The number of pyridine rings is 1. The number of rotatable bonds is 7. The Hall–Kier alpha value is -3.45. The first-order chi connectivity index (χ1) is 14.3. The van der Waals surface area contributed by atoms with Crippen LogP contribution in [0.4, 0.5) is 5.69 Å². The lowest BCUT2D eigenvalue weighted by Crippen LogP contribution is -2.11. The summed E-state index contributed by atoms with van der Waals surface area (Å²) in [6, 6.07) is 19.5. The number of aromatic nitrogens is 4. The third-order valence-corrected chi connectivity index (χ3v) is 5.30. The van der Waals surface area contributed by atoms with Crippen molar-refractivity contribution < 1.29 is 4.79 Å². The predicted octanol–water partition coefficient (Wildman–Crippen LogP) is 4.34. The Bertz CT molecular complexity index is 1050. The zero-order valence-corrected chi connectivity index (χ0v) is 16.4. The number of hydrogen-bond donors (Lipinski definition) is 2. The molecule has 144 valence electrons. The third kappa shape index (κ3) is 5.30. The first-order valence-electron chi connectivity index (χ1n) is 9.12. The van der Waals surface area contributed by atoms with Crippen molar-refractivity contribution in [1.82, 2.24) is 20.2 Å². The lowest BCUT2D eigenvalue weighted by molar-refractivity contribution is 0.102. The summed E-state index contributed by atoms with van der Waals surface area (Å²) >= 11 is 1.57. The van der Waals surface area contributed by atoms with Crippen molar-refractivity contribution >= 4 is 23.4 Å². The van der Waals surface area contributed by atoms with Crippen molar-refractivity contribution in [1.29, 1.82) is 0 Å². The molecule has 6 nitrogen and oxygen atoms in total. The molecule has 0 aliphatic heterocycles. The van der Waals surface area contributed by atoms with Crippen molar-refractivity contribution in [2.75, 3.05) is 5.32 Å². The number of H-pyrrole nitrogens is 1. The smallest absolute Gasteiger partial charge is 0.255 e. The first-order valence-corrected chi connectivity index (χ1v) is 10.1. The molecule has 0 saturated carbocycles. The van der Waals surface area contributed by atoms with E-state index >= 15 is 0 Å². The molecule has 2 aromatic heterocycles. The van der Waals surface area contributed by atoms with Crippen LogP contribution in [0.5, 0.6) is 0 Å².